The molecule has 1 aliphatic rings. The molecule has 1 fully saturated rings. The van der Waals surface area contributed by atoms with Crippen molar-refractivity contribution in [1.82, 2.24) is 19.9 Å². The maximum Gasteiger partial charge on any atom is 0.303 e. The zero-order valence-corrected chi connectivity index (χ0v) is 18.1. The van der Waals surface area contributed by atoms with Gasteiger partial charge in [0.2, 0.25) is 0 Å². The van der Waals surface area contributed by atoms with Gasteiger partial charge in [-0.1, -0.05) is 0 Å². The highest BCUT2D eigenvalue weighted by Gasteiger charge is 2.52. The molecule has 168 valence electrons. The van der Waals surface area contributed by atoms with Crippen LogP contribution in [0.4, 0.5) is 0 Å². The van der Waals surface area contributed by atoms with E-state index in [-0.39, 0.29) is 5.75 Å². The molecule has 12 nitrogen and oxygen atoms in total. The second-order valence-electron chi connectivity index (χ2n) is 6.59. The van der Waals surface area contributed by atoms with Gasteiger partial charge in [-0.3, -0.25) is 14.4 Å². The molecule has 0 aliphatic carbocycles. The van der Waals surface area contributed by atoms with Gasteiger partial charge in [-0.05, 0) is 0 Å². The Morgan fingerprint density at radius 2 is 1.65 bits per heavy atom. The van der Waals surface area contributed by atoms with Gasteiger partial charge in [0.15, 0.2) is 30.2 Å². The van der Waals surface area contributed by atoms with Crippen molar-refractivity contribution in [2.45, 2.75) is 56.5 Å². The molecule has 2 aromatic heterocycles. The Morgan fingerprint density at radius 3 is 2.29 bits per heavy atom. The lowest BCUT2D eigenvalue weighted by Gasteiger charge is -2.43. The SMILES string of the molecule is CO[C@H]1O[C@H](CSc2ncnc3nc[nH]c23)[C@@H](OC(C)=O)[C@H](OC(C)=O)[C@H]1OC(C)=O. The number of methoxy groups -OCH3 is 1. The highest BCUT2D eigenvalue weighted by atomic mass is 32.2. The molecule has 1 saturated heterocycles. The lowest BCUT2D eigenvalue weighted by Crippen LogP contribution is -2.62. The van der Waals surface area contributed by atoms with Gasteiger partial charge in [-0.2, -0.15) is 0 Å². The molecule has 1 aliphatic heterocycles. The zero-order chi connectivity index (χ0) is 22.5. The molecule has 5 atom stereocenters. The number of aromatic amines is 1. The van der Waals surface area contributed by atoms with Crippen LogP contribution in [0.25, 0.3) is 11.2 Å². The number of aromatic nitrogens is 4. The number of imidazole rings is 1. The minimum absolute atomic E-state index is 0.244. The molecule has 0 amide bonds. The fourth-order valence-electron chi connectivity index (χ4n) is 3.19. The number of thioether (sulfide) groups is 1. The summed E-state index contributed by atoms with van der Waals surface area (Å²) in [6.07, 6.45) is -2.26. The van der Waals surface area contributed by atoms with Crippen LogP contribution in [0, 0.1) is 0 Å². The number of nitrogens with zero attached hydrogens (tertiary/aromatic N) is 3. The second kappa shape index (κ2) is 10.0. The quantitative estimate of drug-likeness (QED) is 0.270. The summed E-state index contributed by atoms with van der Waals surface area (Å²) < 4.78 is 27.4. The van der Waals surface area contributed by atoms with Crippen molar-refractivity contribution < 1.29 is 38.1 Å². The summed E-state index contributed by atoms with van der Waals surface area (Å²) in [4.78, 5) is 50.5. The van der Waals surface area contributed by atoms with Gasteiger partial charge in [0.25, 0.3) is 0 Å². The van der Waals surface area contributed by atoms with Crippen molar-refractivity contribution in [1.29, 1.82) is 0 Å². The first kappa shape index (κ1) is 22.9. The second-order valence-corrected chi connectivity index (χ2v) is 7.60. The molecule has 0 radical (unpaired) electrons. The first-order chi connectivity index (χ1) is 14.8. The lowest BCUT2D eigenvalue weighted by atomic mass is 9.98. The number of rotatable bonds is 7. The number of ether oxygens (including phenoxy) is 5. The number of nitrogens with one attached hydrogen (secondary N) is 1. The van der Waals surface area contributed by atoms with Gasteiger partial charge in [0, 0.05) is 33.6 Å². The monoisotopic (exact) mass is 454 g/mol. The van der Waals surface area contributed by atoms with E-state index < -0.39 is 48.6 Å². The molecular formula is C18H22N4O8S. The Hall–Kier alpha value is -2.77. The Bertz CT molecular complexity index is 954. The lowest BCUT2D eigenvalue weighted by molar-refractivity contribution is -0.293. The average Bonchev–Trinajstić information content (AvgIpc) is 3.18. The molecule has 0 spiro atoms. The third kappa shape index (κ3) is 5.48. The van der Waals surface area contributed by atoms with Crippen molar-refractivity contribution >= 4 is 40.8 Å². The first-order valence-corrected chi connectivity index (χ1v) is 10.3. The van der Waals surface area contributed by atoms with E-state index in [1.165, 1.54) is 52.3 Å². The predicted octanol–water partition coefficient (Wildman–Crippen LogP) is 0.611. The molecule has 0 aromatic carbocycles. The predicted molar refractivity (Wildman–Crippen MR) is 105 cm³/mol. The van der Waals surface area contributed by atoms with Gasteiger partial charge < -0.3 is 28.7 Å². The van der Waals surface area contributed by atoms with Crippen molar-refractivity contribution in [3.05, 3.63) is 12.7 Å². The standard InChI is InChI=1S/C18H22N4O8S/c1-8(23)27-13-11(5-31-17-12-16(20-6-19-12)21-7-22-17)30-18(26-4)15(29-10(3)25)14(13)28-9(2)24/h6-7,11,13-15,18H,5H2,1-4H3,(H,19,20,21,22)/t11-,13-,14+,15-,18+/m1/s1. The van der Waals surface area contributed by atoms with Crippen LogP contribution in [0.3, 0.4) is 0 Å². The minimum atomic E-state index is -1.13. The molecule has 2 aromatic rings. The number of carbonyl (C=O) groups is 3. The van der Waals surface area contributed by atoms with E-state index in [4.69, 9.17) is 23.7 Å². The zero-order valence-electron chi connectivity index (χ0n) is 17.3. The van der Waals surface area contributed by atoms with Crippen LogP contribution in [-0.2, 0) is 38.1 Å². The molecular weight excluding hydrogens is 432 g/mol. The Balaban J connectivity index is 1.88. The van der Waals surface area contributed by atoms with E-state index in [1.54, 1.807) is 0 Å². The number of carbonyl (C=O) groups excluding carboxylic acids is 3. The van der Waals surface area contributed by atoms with Crippen molar-refractivity contribution in [2.24, 2.45) is 0 Å². The fraction of sp³-hybridized carbons (Fsp3) is 0.556. The highest BCUT2D eigenvalue weighted by molar-refractivity contribution is 7.99. The van der Waals surface area contributed by atoms with Gasteiger partial charge in [-0.15, -0.1) is 11.8 Å². The summed E-state index contributed by atoms with van der Waals surface area (Å²) in [6.45, 7) is 3.62. The topological polar surface area (TPSA) is 152 Å². The van der Waals surface area contributed by atoms with Crippen LogP contribution in [0.15, 0.2) is 17.7 Å². The largest absolute Gasteiger partial charge is 0.456 e. The number of fused-ring (bicyclic) bond motifs is 1. The third-order valence-electron chi connectivity index (χ3n) is 4.30. The van der Waals surface area contributed by atoms with E-state index >= 15 is 0 Å². The smallest absolute Gasteiger partial charge is 0.303 e. The summed E-state index contributed by atoms with van der Waals surface area (Å²) in [7, 11) is 1.36. The van der Waals surface area contributed by atoms with Crippen LogP contribution in [0.5, 0.6) is 0 Å². The molecule has 31 heavy (non-hydrogen) atoms. The van der Waals surface area contributed by atoms with E-state index in [1.807, 2.05) is 0 Å². The van der Waals surface area contributed by atoms with Crippen LogP contribution in [-0.4, -0.2) is 81.4 Å². The van der Waals surface area contributed by atoms with Crippen LogP contribution < -0.4 is 0 Å². The Kier molecular flexibility index (Phi) is 7.41. The van der Waals surface area contributed by atoms with Gasteiger partial charge >= 0.3 is 17.9 Å². The van der Waals surface area contributed by atoms with Crippen LogP contribution >= 0.6 is 11.8 Å². The fourth-order valence-corrected chi connectivity index (χ4v) is 4.20. The van der Waals surface area contributed by atoms with Crippen LogP contribution in [0.2, 0.25) is 0 Å². The van der Waals surface area contributed by atoms with Crippen molar-refractivity contribution in [3.63, 3.8) is 0 Å². The summed E-state index contributed by atoms with van der Waals surface area (Å²) in [5.41, 5.74) is 1.14. The molecule has 3 rings (SSSR count). The third-order valence-corrected chi connectivity index (χ3v) is 5.38. The summed E-state index contributed by atoms with van der Waals surface area (Å²) >= 11 is 1.30. The van der Waals surface area contributed by atoms with Gasteiger partial charge in [0.05, 0.1) is 6.33 Å². The molecule has 0 saturated carbocycles. The molecule has 3 heterocycles. The summed E-state index contributed by atoms with van der Waals surface area (Å²) in [5.74, 6) is -1.65. The van der Waals surface area contributed by atoms with Crippen molar-refractivity contribution in [2.75, 3.05) is 12.9 Å². The van der Waals surface area contributed by atoms with Gasteiger partial charge in [0.1, 0.15) is 23.0 Å². The van der Waals surface area contributed by atoms with Crippen molar-refractivity contribution in [3.8, 4) is 0 Å². The molecule has 1 N–H and O–H groups in total. The molecule has 0 bridgehead atoms. The summed E-state index contributed by atoms with van der Waals surface area (Å²) in [6, 6.07) is 0. The number of H-pyrrole nitrogens is 1. The average molecular weight is 454 g/mol. The minimum Gasteiger partial charge on any atom is -0.456 e. The van der Waals surface area contributed by atoms with E-state index in [0.717, 1.165) is 0 Å². The van der Waals surface area contributed by atoms with E-state index in [9.17, 15) is 14.4 Å². The van der Waals surface area contributed by atoms with E-state index in [2.05, 4.69) is 19.9 Å². The normalized spacial score (nSPS) is 25.7. The van der Waals surface area contributed by atoms with Crippen LogP contribution in [0.1, 0.15) is 20.8 Å². The van der Waals surface area contributed by atoms with E-state index in [0.29, 0.717) is 16.2 Å². The Labute approximate surface area is 181 Å². The first-order valence-electron chi connectivity index (χ1n) is 9.27. The number of esters is 3. The molecule has 13 heteroatoms. The number of hydrogen-bond acceptors (Lipinski definition) is 12. The Morgan fingerprint density at radius 1 is 1.00 bits per heavy atom. The maximum atomic E-state index is 11.8. The number of hydrogen-bond donors (Lipinski definition) is 1. The summed E-state index contributed by atoms with van der Waals surface area (Å²) in [5, 5.41) is 0.604. The maximum absolute atomic E-state index is 11.8. The molecule has 0 unspecified atom stereocenters. The van der Waals surface area contributed by atoms with Gasteiger partial charge in [-0.25, -0.2) is 15.0 Å². The highest BCUT2D eigenvalue weighted by Crippen LogP contribution is 2.33.